The third kappa shape index (κ3) is 4.96. The first-order valence-electron chi connectivity index (χ1n) is 8.45. The van der Waals surface area contributed by atoms with Gasteiger partial charge in [0.15, 0.2) is 5.16 Å². The molecule has 0 atom stereocenters. The molecule has 0 spiro atoms. The van der Waals surface area contributed by atoms with Crippen molar-refractivity contribution in [2.75, 3.05) is 43.5 Å². The molecular weight excluding hydrogens is 358 g/mol. The number of nitrogens with zero attached hydrogens (tertiary/aromatic N) is 4. The molecule has 3 heterocycles. The minimum Gasteiger partial charge on any atom is -0.378 e. The Morgan fingerprint density at radius 2 is 2.24 bits per heavy atom. The molecule has 0 aliphatic carbocycles. The number of anilines is 1. The molecule has 2 aromatic heterocycles. The first-order chi connectivity index (χ1) is 12.3. The summed E-state index contributed by atoms with van der Waals surface area (Å²) in [5.74, 6) is 1.25. The van der Waals surface area contributed by atoms with Crippen LogP contribution in [0.25, 0.3) is 0 Å². The zero-order chi connectivity index (χ0) is 17.5. The predicted octanol–water partition coefficient (Wildman–Crippen LogP) is 1.65. The lowest BCUT2D eigenvalue weighted by atomic mass is 10.3. The van der Waals surface area contributed by atoms with Crippen molar-refractivity contribution in [1.82, 2.24) is 20.1 Å². The molecule has 136 valence electrons. The van der Waals surface area contributed by atoms with Gasteiger partial charge in [0.25, 0.3) is 0 Å². The third-order valence-corrected chi connectivity index (χ3v) is 5.82. The molecule has 0 saturated carbocycles. The molecular formula is C16H23N5O2S2. The molecule has 3 rings (SSSR count). The maximum Gasteiger partial charge on any atom is 0.230 e. The number of hydrogen-bond acceptors (Lipinski definition) is 7. The second-order valence-electron chi connectivity index (χ2n) is 5.59. The van der Waals surface area contributed by atoms with Crippen LogP contribution in [0, 0.1) is 0 Å². The summed E-state index contributed by atoms with van der Waals surface area (Å²) in [7, 11) is 0. The van der Waals surface area contributed by atoms with E-state index in [2.05, 4.69) is 43.4 Å². The van der Waals surface area contributed by atoms with Crippen molar-refractivity contribution < 1.29 is 9.53 Å². The van der Waals surface area contributed by atoms with Crippen LogP contribution >= 0.6 is 23.1 Å². The zero-order valence-electron chi connectivity index (χ0n) is 14.3. The van der Waals surface area contributed by atoms with E-state index in [0.29, 0.717) is 25.5 Å². The Labute approximate surface area is 155 Å². The van der Waals surface area contributed by atoms with Gasteiger partial charge in [-0.15, -0.1) is 21.5 Å². The van der Waals surface area contributed by atoms with Crippen LogP contribution in [0.3, 0.4) is 0 Å². The third-order valence-electron chi connectivity index (χ3n) is 3.91. The first kappa shape index (κ1) is 18.2. The van der Waals surface area contributed by atoms with Crippen LogP contribution in [-0.2, 0) is 22.5 Å². The maximum absolute atomic E-state index is 12.0. The minimum atomic E-state index is 0.0279. The topological polar surface area (TPSA) is 72.3 Å². The number of amides is 1. The Kier molecular flexibility index (Phi) is 6.71. The summed E-state index contributed by atoms with van der Waals surface area (Å²) in [5, 5.41) is 14.4. The fraction of sp³-hybridized carbons (Fsp3) is 0.562. The van der Waals surface area contributed by atoms with Crippen LogP contribution in [0.5, 0.6) is 0 Å². The molecule has 1 aliphatic heterocycles. The van der Waals surface area contributed by atoms with Crippen LogP contribution < -0.4 is 10.2 Å². The number of thioether (sulfide) groups is 1. The van der Waals surface area contributed by atoms with E-state index in [1.165, 1.54) is 16.6 Å². The molecule has 1 fully saturated rings. The van der Waals surface area contributed by atoms with Gasteiger partial charge in [0, 0.05) is 31.1 Å². The fourth-order valence-electron chi connectivity index (χ4n) is 2.62. The van der Waals surface area contributed by atoms with Crippen molar-refractivity contribution in [3.8, 4) is 0 Å². The molecule has 0 radical (unpaired) electrons. The first-order valence-corrected chi connectivity index (χ1v) is 10.3. The van der Waals surface area contributed by atoms with Crippen LogP contribution in [0.4, 0.5) is 5.95 Å². The van der Waals surface area contributed by atoms with Crippen LogP contribution in [0.2, 0.25) is 0 Å². The smallest absolute Gasteiger partial charge is 0.230 e. The summed E-state index contributed by atoms with van der Waals surface area (Å²) in [5.41, 5.74) is 0. The van der Waals surface area contributed by atoms with Crippen molar-refractivity contribution in [3.63, 3.8) is 0 Å². The summed E-state index contributed by atoms with van der Waals surface area (Å²) >= 11 is 3.15. The highest BCUT2D eigenvalue weighted by Crippen LogP contribution is 2.22. The molecule has 0 aromatic carbocycles. The lowest BCUT2D eigenvalue weighted by Crippen LogP contribution is -2.38. The molecule has 0 unspecified atom stereocenters. The highest BCUT2D eigenvalue weighted by atomic mass is 32.2. The van der Waals surface area contributed by atoms with Gasteiger partial charge >= 0.3 is 0 Å². The van der Waals surface area contributed by atoms with Gasteiger partial charge in [0.2, 0.25) is 11.9 Å². The van der Waals surface area contributed by atoms with Crippen molar-refractivity contribution >= 4 is 35.0 Å². The monoisotopic (exact) mass is 381 g/mol. The summed E-state index contributed by atoms with van der Waals surface area (Å²) < 4.78 is 7.45. The number of nitrogens with one attached hydrogen (secondary N) is 1. The second kappa shape index (κ2) is 9.21. The summed E-state index contributed by atoms with van der Waals surface area (Å²) in [6.07, 6.45) is 0.875. The SMILES string of the molecule is CCn1c(SCC(=O)NCCc2cccs2)nnc1N1CCOCC1. The second-order valence-corrected chi connectivity index (χ2v) is 7.57. The number of hydrogen-bond donors (Lipinski definition) is 1. The quantitative estimate of drug-likeness (QED) is 0.701. The summed E-state index contributed by atoms with van der Waals surface area (Å²) in [6.45, 7) is 6.59. The number of ether oxygens (including phenoxy) is 1. The van der Waals surface area contributed by atoms with E-state index in [4.69, 9.17) is 4.74 Å². The zero-order valence-corrected chi connectivity index (χ0v) is 15.9. The van der Waals surface area contributed by atoms with Gasteiger partial charge in [-0.3, -0.25) is 9.36 Å². The number of carbonyl (C=O) groups excluding carboxylic acids is 1. The number of aromatic nitrogens is 3. The molecule has 9 heteroatoms. The molecule has 1 N–H and O–H groups in total. The van der Waals surface area contributed by atoms with Crippen LogP contribution in [0.1, 0.15) is 11.8 Å². The minimum absolute atomic E-state index is 0.0279. The van der Waals surface area contributed by atoms with E-state index in [0.717, 1.165) is 37.2 Å². The standard InChI is InChI=1S/C16H23N5O2S2/c1-2-21-15(20-7-9-23-10-8-20)18-19-16(21)25-12-14(22)17-6-5-13-4-3-11-24-13/h3-4,11H,2,5-10,12H2,1H3,(H,17,22). The van der Waals surface area contributed by atoms with Crippen LogP contribution in [0.15, 0.2) is 22.7 Å². The number of rotatable bonds is 8. The van der Waals surface area contributed by atoms with Gasteiger partial charge in [-0.1, -0.05) is 17.8 Å². The summed E-state index contributed by atoms with van der Waals surface area (Å²) in [4.78, 5) is 15.5. The van der Waals surface area contributed by atoms with Gasteiger partial charge in [-0.05, 0) is 24.8 Å². The summed E-state index contributed by atoms with van der Waals surface area (Å²) in [6, 6.07) is 4.11. The van der Waals surface area contributed by atoms with Crippen molar-refractivity contribution in [2.45, 2.75) is 25.0 Å². The lowest BCUT2D eigenvalue weighted by Gasteiger charge is -2.27. The fourth-order valence-corrected chi connectivity index (χ4v) is 4.16. The van der Waals surface area contributed by atoms with E-state index in [-0.39, 0.29) is 5.91 Å². The van der Waals surface area contributed by atoms with Crippen LogP contribution in [-0.4, -0.2) is 59.3 Å². The van der Waals surface area contributed by atoms with Gasteiger partial charge in [0.1, 0.15) is 0 Å². The molecule has 1 aliphatic rings. The highest BCUT2D eigenvalue weighted by molar-refractivity contribution is 7.99. The Morgan fingerprint density at radius 3 is 2.96 bits per heavy atom. The average Bonchev–Trinajstić information content (AvgIpc) is 3.30. The van der Waals surface area contributed by atoms with Gasteiger partial charge < -0.3 is 15.0 Å². The van der Waals surface area contributed by atoms with Crippen molar-refractivity contribution in [1.29, 1.82) is 0 Å². The molecule has 7 nitrogen and oxygen atoms in total. The highest BCUT2D eigenvalue weighted by Gasteiger charge is 2.20. The average molecular weight is 382 g/mol. The Balaban J connectivity index is 1.48. The van der Waals surface area contributed by atoms with Gasteiger partial charge in [-0.25, -0.2) is 0 Å². The van der Waals surface area contributed by atoms with E-state index < -0.39 is 0 Å². The lowest BCUT2D eigenvalue weighted by molar-refractivity contribution is -0.118. The molecule has 1 amide bonds. The van der Waals surface area contributed by atoms with Gasteiger partial charge in [0.05, 0.1) is 19.0 Å². The largest absolute Gasteiger partial charge is 0.378 e. The molecule has 0 bridgehead atoms. The Bertz CT molecular complexity index is 668. The van der Waals surface area contributed by atoms with E-state index in [1.807, 2.05) is 6.07 Å². The molecule has 2 aromatic rings. The normalized spacial score (nSPS) is 14.7. The van der Waals surface area contributed by atoms with E-state index in [9.17, 15) is 4.79 Å². The number of morpholine rings is 1. The van der Waals surface area contributed by atoms with Crippen molar-refractivity contribution in [3.05, 3.63) is 22.4 Å². The van der Waals surface area contributed by atoms with E-state index in [1.54, 1.807) is 11.3 Å². The van der Waals surface area contributed by atoms with E-state index >= 15 is 0 Å². The predicted molar refractivity (Wildman–Crippen MR) is 100 cm³/mol. The Morgan fingerprint density at radius 1 is 1.40 bits per heavy atom. The molecule has 25 heavy (non-hydrogen) atoms. The molecule has 1 saturated heterocycles. The van der Waals surface area contributed by atoms with Gasteiger partial charge in [-0.2, -0.15) is 0 Å². The number of carbonyl (C=O) groups is 1. The van der Waals surface area contributed by atoms with Crippen molar-refractivity contribution in [2.24, 2.45) is 0 Å². The Hall–Kier alpha value is -1.58. The number of thiophene rings is 1. The maximum atomic E-state index is 12.0.